The van der Waals surface area contributed by atoms with Crippen LogP contribution in [-0.2, 0) is 19.0 Å². The van der Waals surface area contributed by atoms with Gasteiger partial charge in [-0.3, -0.25) is 0 Å². The molecule has 0 saturated carbocycles. The second-order valence-corrected chi connectivity index (χ2v) is 9.08. The van der Waals surface area contributed by atoms with Gasteiger partial charge in [-0.15, -0.1) is 11.6 Å². The number of aliphatic hydroxyl groups is 1. The minimum Gasteiger partial charge on any atom is -0.478 e. The minimum absolute atomic E-state index is 0. The van der Waals surface area contributed by atoms with E-state index in [1.807, 2.05) is 81.4 Å². The van der Waals surface area contributed by atoms with Crippen LogP contribution in [0, 0.1) is 27.7 Å². The molecule has 0 aliphatic heterocycles. The van der Waals surface area contributed by atoms with Crippen LogP contribution in [0.2, 0.25) is 0 Å². The predicted octanol–water partition coefficient (Wildman–Crippen LogP) is 9.22. The molecule has 3 radical (unpaired) electrons. The average molecular weight is 576 g/mol. The zero-order valence-corrected chi connectivity index (χ0v) is 24.2. The molecule has 0 aliphatic carbocycles. The van der Waals surface area contributed by atoms with E-state index in [0.717, 1.165) is 16.7 Å². The van der Waals surface area contributed by atoms with Crippen molar-refractivity contribution in [1.82, 2.24) is 0 Å². The first-order valence-electron chi connectivity index (χ1n) is 12.3. The van der Waals surface area contributed by atoms with Crippen LogP contribution >= 0.6 is 11.6 Å². The van der Waals surface area contributed by atoms with Gasteiger partial charge >= 0.3 is 5.97 Å². The Labute approximate surface area is 253 Å². The normalized spacial score (nSPS) is 8.83. The highest BCUT2D eigenvalue weighted by Gasteiger charge is 1.98. The Balaban J connectivity index is -0.000000473. The van der Waals surface area contributed by atoms with Gasteiger partial charge in [0, 0.05) is 20.6 Å². The Morgan fingerprint density at radius 1 is 0.732 bits per heavy atom. The Bertz CT molecular complexity index is 1250. The van der Waals surface area contributed by atoms with Crippen LogP contribution in [0.1, 0.15) is 58.2 Å². The molecule has 0 bridgehead atoms. The lowest BCUT2D eigenvalue weighted by atomic mass is 10.2. The molecule has 4 aromatic carbocycles. The Hall–Kier alpha value is -4.03. The number of rotatable bonds is 5. The highest BCUT2D eigenvalue weighted by atomic mass is 35.5. The summed E-state index contributed by atoms with van der Waals surface area (Å²) in [6.07, 6.45) is 0. The summed E-state index contributed by atoms with van der Waals surface area (Å²) < 4.78 is 0. The van der Waals surface area contributed by atoms with Gasteiger partial charge in [-0.05, 0) is 62.0 Å². The molecule has 0 unspecified atom stereocenters. The zero-order valence-electron chi connectivity index (χ0n) is 23.5. The summed E-state index contributed by atoms with van der Waals surface area (Å²) in [7, 11) is 0. The van der Waals surface area contributed by atoms with Gasteiger partial charge in [0.25, 0.3) is 0 Å². The predicted molar refractivity (Wildman–Crippen MR) is 175 cm³/mol. The van der Waals surface area contributed by atoms with Crippen molar-refractivity contribution in [2.75, 3.05) is 0 Å². The number of hydrogen-bond donors (Lipinski definition) is 2. The van der Waals surface area contributed by atoms with Crippen molar-refractivity contribution in [3.63, 3.8) is 0 Å². The number of benzene rings is 4. The second-order valence-electron chi connectivity index (χ2n) is 8.81. The molecule has 2 N–H and O–H groups in total. The van der Waals surface area contributed by atoms with Crippen LogP contribution < -0.4 is 0 Å². The Morgan fingerprint density at radius 2 is 1.07 bits per heavy atom. The number of alkyl halides is 1. The third-order valence-corrected chi connectivity index (χ3v) is 5.62. The molecule has 0 aliphatic rings. The third kappa shape index (κ3) is 18.0. The number of hydrogen-bond acceptors (Lipinski definition) is 3. The van der Waals surface area contributed by atoms with E-state index in [-0.39, 0.29) is 23.9 Å². The van der Waals surface area contributed by atoms with Gasteiger partial charge in [0.2, 0.25) is 0 Å². The number of halogens is 1. The van der Waals surface area contributed by atoms with Crippen LogP contribution in [0.25, 0.3) is 10.4 Å². The molecule has 0 spiro atoms. The molecule has 0 atom stereocenters. The van der Waals surface area contributed by atoms with Crippen molar-refractivity contribution in [1.29, 1.82) is 0 Å². The molecular weight excluding hydrogens is 533 g/mol. The summed E-state index contributed by atoms with van der Waals surface area (Å²) in [5.74, 6) is -0.264. The molecule has 41 heavy (non-hydrogen) atoms. The summed E-state index contributed by atoms with van der Waals surface area (Å²) >= 11 is 5.58. The van der Waals surface area contributed by atoms with Gasteiger partial charge in [-0.25, -0.2) is 4.79 Å². The number of aliphatic hydroxyl groups excluding tert-OH is 1. The first-order valence-corrected chi connectivity index (χ1v) is 12.9. The monoisotopic (exact) mass is 575 g/mol. The smallest absolute Gasteiger partial charge is 0.335 e. The fourth-order valence-electron chi connectivity index (χ4n) is 2.87. The maximum absolute atomic E-state index is 10.3. The van der Waals surface area contributed by atoms with Crippen molar-refractivity contribution in [2.45, 2.75) is 54.2 Å². The van der Waals surface area contributed by atoms with Crippen molar-refractivity contribution in [3.8, 4) is 0 Å². The summed E-state index contributed by atoms with van der Waals surface area (Å²) in [6, 6.07) is 30.7. The van der Waals surface area contributed by atoms with Crippen molar-refractivity contribution >= 4 is 26.0 Å². The van der Waals surface area contributed by atoms with E-state index in [2.05, 4.69) is 29.1 Å². The fraction of sp³-hybridized carbons (Fsp3) is 0.242. The highest BCUT2D eigenvalue weighted by molar-refractivity contribution is 6.17. The van der Waals surface area contributed by atoms with E-state index in [4.69, 9.17) is 27.3 Å². The number of aromatic carboxylic acids is 1. The topological polar surface area (TPSA) is 106 Å². The van der Waals surface area contributed by atoms with E-state index >= 15 is 0 Å². The van der Waals surface area contributed by atoms with Crippen LogP contribution in [0.4, 0.5) is 0 Å². The van der Waals surface area contributed by atoms with E-state index in [1.165, 1.54) is 22.3 Å². The molecule has 0 heterocycles. The molecule has 0 aromatic heterocycles. The SMILES string of the molecule is C.Cc1ccc(C(=O)O)cc1.Cc1ccc(CCl)cc1.Cc1ccc(CN=[N+]=[N-])cc1.Cc1ccc(CO)cc1.[2HH].[B]. The summed E-state index contributed by atoms with van der Waals surface area (Å²) in [5.41, 5.74) is 16.4. The molecule has 0 fully saturated rings. The average Bonchev–Trinajstić information content (AvgIpc) is 2.95. The van der Waals surface area contributed by atoms with Gasteiger partial charge in [0.05, 0.1) is 18.7 Å². The van der Waals surface area contributed by atoms with Gasteiger partial charge in [-0.1, -0.05) is 120 Å². The van der Waals surface area contributed by atoms with E-state index in [1.54, 1.807) is 24.3 Å². The largest absolute Gasteiger partial charge is 0.478 e. The third-order valence-electron chi connectivity index (χ3n) is 5.31. The van der Waals surface area contributed by atoms with Crippen LogP contribution in [0.5, 0.6) is 0 Å². The summed E-state index contributed by atoms with van der Waals surface area (Å²) in [5, 5.41) is 20.6. The standard InChI is InChI=1S/C8H9Cl.C8H9N3.C8H8O2.C8H10O.CH4.B.H2/c1-7-2-4-8(6-9)5-3-7;1-7-2-4-8(5-3-7)6-10-11-9;1-6-2-4-7(5-3-6)8(9)10;1-7-2-4-8(6-9)5-3-7;;;/h2-5H,6H2,1H3;2-5H,6H2,1H3;2-5H,1H3,(H,9,10);2-5,9H,6H2,1H3;1H4;;1H/i;;;;;;1+1. The van der Waals surface area contributed by atoms with Gasteiger partial charge in [0.1, 0.15) is 0 Å². The second kappa shape index (κ2) is 22.8. The van der Waals surface area contributed by atoms with Gasteiger partial charge in [0.15, 0.2) is 0 Å². The first-order chi connectivity index (χ1) is 18.7. The summed E-state index contributed by atoms with van der Waals surface area (Å²) in [6.45, 7) is 8.62. The quantitative estimate of drug-likeness (QED) is 0.0814. The lowest BCUT2D eigenvalue weighted by molar-refractivity contribution is 0.0697. The lowest BCUT2D eigenvalue weighted by Gasteiger charge is -1.94. The maximum atomic E-state index is 10.3. The first kappa shape index (κ1) is 39.1. The lowest BCUT2D eigenvalue weighted by Crippen LogP contribution is -1.94. The molecule has 0 saturated heterocycles. The number of azide groups is 1. The van der Waals surface area contributed by atoms with E-state index < -0.39 is 5.97 Å². The van der Waals surface area contributed by atoms with Crippen molar-refractivity contribution in [2.24, 2.45) is 5.11 Å². The van der Waals surface area contributed by atoms with Crippen LogP contribution in [-0.4, -0.2) is 24.6 Å². The summed E-state index contributed by atoms with van der Waals surface area (Å²) in [4.78, 5) is 13.0. The maximum Gasteiger partial charge on any atom is 0.335 e. The van der Waals surface area contributed by atoms with Crippen molar-refractivity contribution < 1.29 is 16.4 Å². The molecule has 0 amide bonds. The number of carboxylic acid groups (broad SMARTS) is 1. The number of carbonyl (C=O) groups is 1. The Morgan fingerprint density at radius 3 is 1.39 bits per heavy atom. The van der Waals surface area contributed by atoms with E-state index in [0.29, 0.717) is 18.0 Å². The fourth-order valence-corrected chi connectivity index (χ4v) is 3.05. The van der Waals surface area contributed by atoms with Gasteiger partial charge < -0.3 is 10.2 Å². The zero-order chi connectivity index (χ0) is 29.0. The van der Waals surface area contributed by atoms with Crippen LogP contribution in [0.15, 0.2) is 102 Å². The molecule has 4 rings (SSSR count). The minimum atomic E-state index is -0.875. The number of carboxylic acids is 1. The molecule has 4 aromatic rings. The molecule has 217 valence electrons. The Kier molecular flexibility index (Phi) is 21.7. The number of aryl methyl sites for hydroxylation is 4. The highest BCUT2D eigenvalue weighted by Crippen LogP contribution is 2.06. The number of nitrogens with zero attached hydrogens (tertiary/aromatic N) is 3. The molecule has 8 heteroatoms. The van der Waals surface area contributed by atoms with Crippen LogP contribution in [0.3, 0.4) is 0 Å². The molecular formula is C33H42BClN3O3. The van der Waals surface area contributed by atoms with Gasteiger partial charge in [-0.2, -0.15) is 0 Å². The molecule has 6 nitrogen and oxygen atoms in total. The van der Waals surface area contributed by atoms with E-state index in [9.17, 15) is 4.79 Å². The van der Waals surface area contributed by atoms with Crippen molar-refractivity contribution in [3.05, 3.63) is 152 Å².